The molecule has 2 aromatic rings. The highest BCUT2D eigenvalue weighted by Crippen LogP contribution is 1.99. The second kappa shape index (κ2) is 8.70. The van der Waals surface area contributed by atoms with E-state index in [1.54, 1.807) is 6.08 Å². The second-order valence-electron chi connectivity index (χ2n) is 3.99. The van der Waals surface area contributed by atoms with E-state index in [1.165, 1.54) is 11.6 Å². The Labute approximate surface area is 114 Å². The van der Waals surface area contributed by atoms with E-state index in [9.17, 15) is 4.79 Å². The zero-order valence-electron chi connectivity index (χ0n) is 11.1. The summed E-state index contributed by atoms with van der Waals surface area (Å²) in [6.07, 6.45) is 4.17. The van der Waals surface area contributed by atoms with Crippen LogP contribution in [0.1, 0.15) is 18.1 Å². The van der Waals surface area contributed by atoms with Gasteiger partial charge in [-0.1, -0.05) is 67.6 Å². The lowest BCUT2D eigenvalue weighted by molar-refractivity contribution is -0.113. The van der Waals surface area contributed by atoms with Gasteiger partial charge in [-0.3, -0.25) is 4.79 Å². The maximum Gasteiger partial charge on any atom is 0.241 e. The third-order valence-corrected chi connectivity index (χ3v) is 2.49. The molecule has 2 heteroatoms. The van der Waals surface area contributed by atoms with Gasteiger partial charge in [-0.15, -0.1) is 0 Å². The number of carbonyl (C=O) groups is 1. The quantitative estimate of drug-likeness (QED) is 0.837. The average Bonchev–Trinajstić information content (AvgIpc) is 2.48. The Hall–Kier alpha value is -2.35. The largest absolute Gasteiger partial charge is 0.366 e. The first-order valence-electron chi connectivity index (χ1n) is 6.29. The lowest BCUT2D eigenvalue weighted by Gasteiger charge is -1.89. The van der Waals surface area contributed by atoms with Crippen molar-refractivity contribution >= 4 is 12.0 Å². The van der Waals surface area contributed by atoms with Crippen molar-refractivity contribution in [1.29, 1.82) is 0 Å². The van der Waals surface area contributed by atoms with Gasteiger partial charge in [0.1, 0.15) is 0 Å². The number of primary amides is 1. The molecule has 0 aromatic heterocycles. The summed E-state index contributed by atoms with van der Waals surface area (Å²) in [5.74, 6) is -0.422. The standard InChI is InChI=1S/C9H9NO.C8H10/c10-9(11)7-6-8-4-2-1-3-5-8;1-2-8-6-4-3-5-7-8/h1-7H,(H2,10,11);3-7H,2H2,1H3. The van der Waals surface area contributed by atoms with Crippen LogP contribution in [0.25, 0.3) is 6.08 Å². The smallest absolute Gasteiger partial charge is 0.241 e. The van der Waals surface area contributed by atoms with Crippen molar-refractivity contribution in [2.75, 3.05) is 0 Å². The predicted molar refractivity (Wildman–Crippen MR) is 80.5 cm³/mol. The first-order valence-corrected chi connectivity index (χ1v) is 6.29. The topological polar surface area (TPSA) is 43.1 Å². The fraction of sp³-hybridized carbons (Fsp3) is 0.118. The normalized spacial score (nSPS) is 9.74. The molecule has 0 fully saturated rings. The van der Waals surface area contributed by atoms with Crippen LogP contribution in [-0.4, -0.2) is 5.91 Å². The summed E-state index contributed by atoms with van der Waals surface area (Å²) < 4.78 is 0. The molecular weight excluding hydrogens is 234 g/mol. The molecule has 0 aliphatic carbocycles. The molecule has 2 aromatic carbocycles. The molecule has 0 aliphatic rings. The molecule has 19 heavy (non-hydrogen) atoms. The van der Waals surface area contributed by atoms with Crippen LogP contribution in [0.2, 0.25) is 0 Å². The van der Waals surface area contributed by atoms with Crippen molar-refractivity contribution in [2.24, 2.45) is 5.73 Å². The number of amides is 1. The molecule has 0 saturated carbocycles. The molecule has 0 bridgehead atoms. The zero-order valence-corrected chi connectivity index (χ0v) is 11.1. The molecule has 0 heterocycles. The number of rotatable bonds is 3. The fourth-order valence-electron chi connectivity index (χ4n) is 1.46. The first-order chi connectivity index (χ1) is 9.22. The van der Waals surface area contributed by atoms with Crippen LogP contribution < -0.4 is 5.73 Å². The van der Waals surface area contributed by atoms with Gasteiger partial charge in [0, 0.05) is 6.08 Å². The van der Waals surface area contributed by atoms with Crippen LogP contribution in [0, 0.1) is 0 Å². The lowest BCUT2D eigenvalue weighted by atomic mass is 10.2. The molecule has 0 aliphatic heterocycles. The number of hydrogen-bond acceptors (Lipinski definition) is 1. The molecule has 0 atom stereocenters. The van der Waals surface area contributed by atoms with E-state index in [-0.39, 0.29) is 0 Å². The zero-order chi connectivity index (χ0) is 13.9. The highest BCUT2D eigenvalue weighted by molar-refractivity contribution is 5.90. The van der Waals surface area contributed by atoms with Gasteiger partial charge in [-0.2, -0.15) is 0 Å². The van der Waals surface area contributed by atoms with E-state index in [4.69, 9.17) is 5.73 Å². The third-order valence-electron chi connectivity index (χ3n) is 2.49. The minimum atomic E-state index is -0.422. The van der Waals surface area contributed by atoms with Crippen molar-refractivity contribution in [2.45, 2.75) is 13.3 Å². The monoisotopic (exact) mass is 253 g/mol. The number of benzene rings is 2. The Kier molecular flexibility index (Phi) is 6.73. The summed E-state index contributed by atoms with van der Waals surface area (Å²) >= 11 is 0. The molecule has 0 unspecified atom stereocenters. The molecule has 0 spiro atoms. The molecule has 2 rings (SSSR count). The highest BCUT2D eigenvalue weighted by Gasteiger charge is 1.84. The van der Waals surface area contributed by atoms with Gasteiger partial charge < -0.3 is 5.73 Å². The SMILES string of the molecule is CCc1ccccc1.NC(=O)C=Cc1ccccc1. The van der Waals surface area contributed by atoms with E-state index < -0.39 is 5.91 Å². The van der Waals surface area contributed by atoms with Gasteiger partial charge in [-0.25, -0.2) is 0 Å². The van der Waals surface area contributed by atoms with Gasteiger partial charge in [0.05, 0.1) is 0 Å². The van der Waals surface area contributed by atoms with Gasteiger partial charge in [0.25, 0.3) is 0 Å². The van der Waals surface area contributed by atoms with Crippen LogP contribution in [0.3, 0.4) is 0 Å². The molecule has 0 radical (unpaired) electrons. The van der Waals surface area contributed by atoms with Crippen molar-refractivity contribution in [3.05, 3.63) is 77.9 Å². The van der Waals surface area contributed by atoms with Crippen LogP contribution in [0.5, 0.6) is 0 Å². The first kappa shape index (κ1) is 14.7. The number of carbonyl (C=O) groups excluding carboxylic acids is 1. The van der Waals surface area contributed by atoms with E-state index in [0.717, 1.165) is 12.0 Å². The van der Waals surface area contributed by atoms with E-state index in [2.05, 4.69) is 31.2 Å². The van der Waals surface area contributed by atoms with E-state index >= 15 is 0 Å². The van der Waals surface area contributed by atoms with Gasteiger partial charge in [-0.05, 0) is 23.6 Å². The summed E-state index contributed by atoms with van der Waals surface area (Å²) in [5.41, 5.74) is 7.30. The highest BCUT2D eigenvalue weighted by atomic mass is 16.1. The van der Waals surface area contributed by atoms with Crippen LogP contribution in [0.15, 0.2) is 66.7 Å². The maximum absolute atomic E-state index is 10.3. The van der Waals surface area contributed by atoms with Gasteiger partial charge in [0.2, 0.25) is 5.91 Å². The average molecular weight is 253 g/mol. The predicted octanol–water partition coefficient (Wildman–Crippen LogP) is 3.43. The Morgan fingerprint density at radius 1 is 1.00 bits per heavy atom. The van der Waals surface area contributed by atoms with Gasteiger partial charge in [0.15, 0.2) is 0 Å². The third kappa shape index (κ3) is 6.84. The summed E-state index contributed by atoms with van der Waals surface area (Å²) in [6, 6.07) is 20.0. The molecule has 98 valence electrons. The van der Waals surface area contributed by atoms with Crippen molar-refractivity contribution < 1.29 is 4.79 Å². The number of hydrogen-bond donors (Lipinski definition) is 1. The Morgan fingerprint density at radius 2 is 1.53 bits per heavy atom. The van der Waals surface area contributed by atoms with E-state index in [0.29, 0.717) is 0 Å². The Morgan fingerprint density at radius 3 is 1.95 bits per heavy atom. The lowest BCUT2D eigenvalue weighted by Crippen LogP contribution is -2.04. The Balaban J connectivity index is 0.000000200. The molecule has 2 nitrogen and oxygen atoms in total. The summed E-state index contributed by atoms with van der Waals surface area (Å²) in [7, 11) is 0. The number of nitrogens with two attached hydrogens (primary N) is 1. The number of aryl methyl sites for hydroxylation is 1. The van der Waals surface area contributed by atoms with Crippen molar-refractivity contribution in [3.8, 4) is 0 Å². The maximum atomic E-state index is 10.3. The summed E-state index contributed by atoms with van der Waals surface area (Å²) in [4.78, 5) is 10.3. The van der Waals surface area contributed by atoms with Crippen LogP contribution in [0.4, 0.5) is 0 Å². The van der Waals surface area contributed by atoms with Crippen molar-refractivity contribution in [3.63, 3.8) is 0 Å². The summed E-state index contributed by atoms with van der Waals surface area (Å²) in [6.45, 7) is 2.16. The van der Waals surface area contributed by atoms with Crippen molar-refractivity contribution in [1.82, 2.24) is 0 Å². The fourth-order valence-corrected chi connectivity index (χ4v) is 1.46. The Bertz CT molecular complexity index is 503. The minimum Gasteiger partial charge on any atom is -0.366 e. The molecular formula is C17H19NO. The minimum absolute atomic E-state index is 0.422. The van der Waals surface area contributed by atoms with Crippen LogP contribution >= 0.6 is 0 Å². The molecule has 0 saturated heterocycles. The second-order valence-corrected chi connectivity index (χ2v) is 3.99. The van der Waals surface area contributed by atoms with E-state index in [1.807, 2.05) is 36.4 Å². The van der Waals surface area contributed by atoms with Gasteiger partial charge >= 0.3 is 0 Å². The summed E-state index contributed by atoms with van der Waals surface area (Å²) in [5, 5.41) is 0. The molecule has 2 N–H and O–H groups in total. The van der Waals surface area contributed by atoms with Crippen LogP contribution in [-0.2, 0) is 11.2 Å². The molecule has 1 amide bonds.